The fraction of sp³-hybridized carbons (Fsp3) is 0.312. The lowest BCUT2D eigenvalue weighted by molar-refractivity contribution is -0.118. The van der Waals surface area contributed by atoms with Gasteiger partial charge < -0.3 is 15.0 Å². The van der Waals surface area contributed by atoms with Crippen molar-refractivity contribution in [2.75, 3.05) is 29.9 Å². The van der Waals surface area contributed by atoms with Crippen molar-refractivity contribution in [1.82, 2.24) is 9.97 Å². The molecule has 0 saturated carbocycles. The molecule has 1 amide bonds. The summed E-state index contributed by atoms with van der Waals surface area (Å²) in [5.41, 5.74) is 0. The molecule has 0 aliphatic carbocycles. The van der Waals surface area contributed by atoms with Crippen LogP contribution >= 0.6 is 11.6 Å². The van der Waals surface area contributed by atoms with Gasteiger partial charge in [0.1, 0.15) is 23.7 Å². The molecule has 3 rings (SSSR count). The number of rotatable bonds is 5. The van der Waals surface area contributed by atoms with Crippen molar-refractivity contribution >= 4 is 29.1 Å². The van der Waals surface area contributed by atoms with Gasteiger partial charge in [-0.2, -0.15) is 0 Å². The van der Waals surface area contributed by atoms with E-state index in [1.54, 1.807) is 30.3 Å². The second-order valence-corrected chi connectivity index (χ2v) is 5.69. The number of halogens is 1. The summed E-state index contributed by atoms with van der Waals surface area (Å²) < 4.78 is 5.40. The monoisotopic (exact) mass is 332 g/mol. The van der Waals surface area contributed by atoms with Crippen LogP contribution in [0.4, 0.5) is 11.6 Å². The molecule has 0 unspecified atom stereocenters. The maximum absolute atomic E-state index is 12.0. The molecule has 0 radical (unpaired) electrons. The summed E-state index contributed by atoms with van der Waals surface area (Å²) >= 11 is 5.87. The highest BCUT2D eigenvalue weighted by Crippen LogP contribution is 2.19. The Bertz CT molecular complexity index is 689. The average molecular weight is 333 g/mol. The molecular formula is C16H17ClN4O2. The summed E-state index contributed by atoms with van der Waals surface area (Å²) in [6.07, 6.45) is 3.79. The molecule has 1 aromatic carbocycles. The van der Waals surface area contributed by atoms with E-state index >= 15 is 0 Å². The predicted octanol–water partition coefficient (Wildman–Crippen LogP) is 2.75. The highest BCUT2D eigenvalue weighted by atomic mass is 35.5. The first-order valence-corrected chi connectivity index (χ1v) is 7.84. The summed E-state index contributed by atoms with van der Waals surface area (Å²) in [6.45, 7) is 1.87. The van der Waals surface area contributed by atoms with Gasteiger partial charge in [-0.05, 0) is 31.0 Å². The van der Waals surface area contributed by atoms with Gasteiger partial charge in [0.25, 0.3) is 5.91 Å². The number of hydrogen-bond acceptors (Lipinski definition) is 5. The smallest absolute Gasteiger partial charge is 0.263 e. The molecule has 1 N–H and O–H groups in total. The van der Waals surface area contributed by atoms with E-state index in [2.05, 4.69) is 20.2 Å². The molecule has 1 fully saturated rings. The normalized spacial score (nSPS) is 13.9. The lowest BCUT2D eigenvalue weighted by atomic mass is 10.3. The zero-order chi connectivity index (χ0) is 16.1. The van der Waals surface area contributed by atoms with E-state index < -0.39 is 0 Å². The third-order valence-electron chi connectivity index (χ3n) is 3.52. The first kappa shape index (κ1) is 15.6. The van der Waals surface area contributed by atoms with Gasteiger partial charge in [-0.1, -0.05) is 17.7 Å². The van der Waals surface area contributed by atoms with Gasteiger partial charge in [0.15, 0.2) is 6.61 Å². The topological polar surface area (TPSA) is 67.3 Å². The number of carbonyl (C=O) groups is 1. The van der Waals surface area contributed by atoms with Gasteiger partial charge in [0.05, 0.1) is 0 Å². The predicted molar refractivity (Wildman–Crippen MR) is 89.1 cm³/mol. The van der Waals surface area contributed by atoms with Crippen LogP contribution in [0.1, 0.15) is 12.8 Å². The number of ether oxygens (including phenoxy) is 1. The Morgan fingerprint density at radius 3 is 2.87 bits per heavy atom. The molecule has 1 aliphatic heterocycles. The van der Waals surface area contributed by atoms with Crippen LogP contribution in [-0.4, -0.2) is 35.6 Å². The standard InChI is InChI=1S/C16H17ClN4O2/c17-12-4-3-5-13(8-12)23-10-16(22)20-14-9-15(19-11-18-14)21-6-1-2-7-21/h3-5,8-9,11H,1-2,6-7,10H2,(H,18,19,20,22). The van der Waals surface area contributed by atoms with Gasteiger partial charge in [0, 0.05) is 24.2 Å². The van der Waals surface area contributed by atoms with Crippen LogP contribution in [0.3, 0.4) is 0 Å². The molecule has 23 heavy (non-hydrogen) atoms. The van der Waals surface area contributed by atoms with Gasteiger partial charge in [-0.15, -0.1) is 0 Å². The van der Waals surface area contributed by atoms with Gasteiger partial charge in [-0.25, -0.2) is 9.97 Å². The third-order valence-corrected chi connectivity index (χ3v) is 3.75. The fourth-order valence-corrected chi connectivity index (χ4v) is 2.60. The minimum absolute atomic E-state index is 0.108. The van der Waals surface area contributed by atoms with Crippen molar-refractivity contribution < 1.29 is 9.53 Å². The minimum Gasteiger partial charge on any atom is -0.484 e. The highest BCUT2D eigenvalue weighted by Gasteiger charge is 2.14. The molecule has 1 aromatic heterocycles. The molecule has 2 heterocycles. The van der Waals surface area contributed by atoms with E-state index in [-0.39, 0.29) is 12.5 Å². The number of amides is 1. The highest BCUT2D eigenvalue weighted by molar-refractivity contribution is 6.30. The van der Waals surface area contributed by atoms with Crippen LogP contribution in [0.25, 0.3) is 0 Å². The molecule has 120 valence electrons. The fourth-order valence-electron chi connectivity index (χ4n) is 2.42. The van der Waals surface area contributed by atoms with Gasteiger partial charge in [-0.3, -0.25) is 4.79 Å². The summed E-state index contributed by atoms with van der Waals surface area (Å²) in [7, 11) is 0. The van der Waals surface area contributed by atoms with Crippen LogP contribution in [0.2, 0.25) is 5.02 Å². The van der Waals surface area contributed by atoms with Crippen LogP contribution in [-0.2, 0) is 4.79 Å². The number of anilines is 2. The van der Waals surface area contributed by atoms with E-state index in [0.29, 0.717) is 16.6 Å². The van der Waals surface area contributed by atoms with Gasteiger partial charge in [0.2, 0.25) is 0 Å². The Balaban J connectivity index is 1.56. The maximum atomic E-state index is 12.0. The van der Waals surface area contributed by atoms with Crippen molar-refractivity contribution in [2.45, 2.75) is 12.8 Å². The largest absolute Gasteiger partial charge is 0.484 e. The molecule has 0 atom stereocenters. The van der Waals surface area contributed by atoms with Crippen molar-refractivity contribution in [3.63, 3.8) is 0 Å². The summed E-state index contributed by atoms with van der Waals surface area (Å²) in [4.78, 5) is 22.5. The Morgan fingerprint density at radius 2 is 2.09 bits per heavy atom. The lowest BCUT2D eigenvalue weighted by Crippen LogP contribution is -2.22. The first-order valence-electron chi connectivity index (χ1n) is 7.46. The van der Waals surface area contributed by atoms with E-state index in [9.17, 15) is 4.79 Å². The summed E-state index contributed by atoms with van der Waals surface area (Å²) in [5.74, 6) is 1.58. The number of benzene rings is 1. The van der Waals surface area contributed by atoms with Crippen LogP contribution in [0, 0.1) is 0 Å². The molecule has 1 aliphatic rings. The number of aromatic nitrogens is 2. The van der Waals surface area contributed by atoms with Gasteiger partial charge >= 0.3 is 0 Å². The Kier molecular flexibility index (Phi) is 4.92. The van der Waals surface area contributed by atoms with Crippen LogP contribution in [0.15, 0.2) is 36.7 Å². The molecule has 0 bridgehead atoms. The Hall–Kier alpha value is -2.34. The number of nitrogens with one attached hydrogen (secondary N) is 1. The quantitative estimate of drug-likeness (QED) is 0.912. The van der Waals surface area contributed by atoms with Crippen molar-refractivity contribution in [1.29, 1.82) is 0 Å². The molecule has 0 spiro atoms. The second kappa shape index (κ2) is 7.28. The zero-order valence-corrected chi connectivity index (χ0v) is 13.3. The van der Waals surface area contributed by atoms with E-state index in [1.807, 2.05) is 0 Å². The lowest BCUT2D eigenvalue weighted by Gasteiger charge is -2.16. The average Bonchev–Trinajstić information content (AvgIpc) is 3.08. The molecule has 6 nitrogen and oxygen atoms in total. The van der Waals surface area contributed by atoms with Crippen molar-refractivity contribution in [2.24, 2.45) is 0 Å². The van der Waals surface area contributed by atoms with E-state index in [4.69, 9.17) is 16.3 Å². The number of nitrogens with zero attached hydrogens (tertiary/aromatic N) is 3. The number of hydrogen-bond donors (Lipinski definition) is 1. The van der Waals surface area contributed by atoms with Crippen molar-refractivity contribution in [3.8, 4) is 5.75 Å². The molecule has 7 heteroatoms. The van der Waals surface area contributed by atoms with E-state index in [1.165, 1.54) is 19.2 Å². The third kappa shape index (κ3) is 4.32. The van der Waals surface area contributed by atoms with E-state index in [0.717, 1.165) is 18.9 Å². The first-order chi connectivity index (χ1) is 11.2. The summed E-state index contributed by atoms with van der Waals surface area (Å²) in [6, 6.07) is 8.69. The van der Waals surface area contributed by atoms with Crippen LogP contribution < -0.4 is 15.0 Å². The minimum atomic E-state index is -0.281. The molecular weight excluding hydrogens is 316 g/mol. The molecule has 1 saturated heterocycles. The molecule has 2 aromatic rings. The Labute approximate surface area is 139 Å². The SMILES string of the molecule is O=C(COc1cccc(Cl)c1)Nc1cc(N2CCCC2)ncn1. The van der Waals surface area contributed by atoms with Crippen LogP contribution in [0.5, 0.6) is 5.75 Å². The van der Waals surface area contributed by atoms with Crippen molar-refractivity contribution in [3.05, 3.63) is 41.7 Å². The maximum Gasteiger partial charge on any atom is 0.263 e. The summed E-state index contributed by atoms with van der Waals surface area (Å²) in [5, 5.41) is 3.28. The Morgan fingerprint density at radius 1 is 1.26 bits per heavy atom. The zero-order valence-electron chi connectivity index (χ0n) is 12.5. The second-order valence-electron chi connectivity index (χ2n) is 5.25. The number of carbonyl (C=O) groups excluding carboxylic acids is 1.